The van der Waals surface area contributed by atoms with Gasteiger partial charge in [-0.05, 0) is 152 Å². The van der Waals surface area contributed by atoms with Crippen LogP contribution < -0.4 is 22.9 Å². The Morgan fingerprint density at radius 2 is 1.07 bits per heavy atom. The highest BCUT2D eigenvalue weighted by atomic mass is 14.8. The van der Waals surface area contributed by atoms with Gasteiger partial charge in [-0.25, -0.2) is 0 Å². The first-order valence-corrected chi connectivity index (χ1v) is 15.3. The lowest BCUT2D eigenvalue weighted by atomic mass is 9.71. The van der Waals surface area contributed by atoms with Gasteiger partial charge in [0.05, 0.1) is 22.2 Å². The molecular weight excluding hydrogens is 492 g/mol. The van der Waals surface area contributed by atoms with Crippen molar-refractivity contribution in [3.05, 3.63) is 14.9 Å². The van der Waals surface area contributed by atoms with Crippen molar-refractivity contribution in [2.75, 3.05) is 0 Å². The summed E-state index contributed by atoms with van der Waals surface area (Å²) in [5.41, 5.74) is 21.4. The Morgan fingerprint density at radius 1 is 0.700 bits per heavy atom. The molecule has 0 aromatic carbocycles. The van der Waals surface area contributed by atoms with Gasteiger partial charge in [0.15, 0.2) is 0 Å². The number of nitrogens with two attached hydrogens (primary N) is 2. The molecule has 0 bridgehead atoms. The molecule has 40 heavy (non-hydrogen) atoms. The van der Waals surface area contributed by atoms with Crippen LogP contribution in [0.15, 0.2) is 9.98 Å². The highest BCUT2D eigenvalue weighted by Gasteiger charge is 2.38. The van der Waals surface area contributed by atoms with E-state index in [9.17, 15) is 0 Å². The van der Waals surface area contributed by atoms with Crippen LogP contribution in [0.4, 0.5) is 0 Å². The van der Waals surface area contributed by atoms with E-state index in [1.54, 1.807) is 0 Å². The fourth-order valence-corrected chi connectivity index (χ4v) is 6.35. The van der Waals surface area contributed by atoms with Crippen molar-refractivity contribution in [1.82, 2.24) is 0 Å². The summed E-state index contributed by atoms with van der Waals surface area (Å²) in [5.74, 6) is 2.14. The van der Waals surface area contributed by atoms with E-state index in [2.05, 4.69) is 97.2 Å². The molecule has 6 heteroatoms. The molecule has 3 saturated carbocycles. The monoisotopic (exact) mass is 567 g/mol. The van der Waals surface area contributed by atoms with Crippen LogP contribution in [0.5, 0.6) is 0 Å². The third-order valence-electron chi connectivity index (χ3n) is 10.3. The summed E-state index contributed by atoms with van der Waals surface area (Å²) in [6, 6.07) is 0. The lowest BCUT2D eigenvalue weighted by Gasteiger charge is -2.40. The van der Waals surface area contributed by atoms with E-state index >= 15 is 0 Å². The summed E-state index contributed by atoms with van der Waals surface area (Å²) >= 11 is 0. The lowest BCUT2D eigenvalue weighted by Crippen LogP contribution is -2.73. The molecule has 3 aliphatic carbocycles. The molecule has 3 rings (SSSR count). The Labute approximate surface area is 251 Å². The predicted molar refractivity (Wildman–Crippen MR) is 179 cm³/mol. The van der Waals surface area contributed by atoms with Gasteiger partial charge in [0, 0.05) is 29.8 Å². The Hall–Kier alpha value is -0.820. The second-order valence-corrected chi connectivity index (χ2v) is 16.1. The molecule has 6 nitrogen and oxygen atoms in total. The number of rotatable bonds is 5. The van der Waals surface area contributed by atoms with E-state index in [-0.39, 0.29) is 42.5 Å². The van der Waals surface area contributed by atoms with Crippen molar-refractivity contribution in [3.63, 3.8) is 0 Å². The molecule has 0 saturated heterocycles. The van der Waals surface area contributed by atoms with Gasteiger partial charge < -0.3 is 37.8 Å². The standard InChI is InChI=1S/2C11H22N2.C10H22N2.2CH3/c1-10(2,13-4)9-5-7-11(3,12)8-6-9;1-10(2,12)9-5-7-11(3,13-4)8-6-9;1-9(2,11)8-4-6-10(3,12)7-5-8;;/h2*9H,4-8,12H2,1-3H3;8H,4-7,11-12H2,1-3H3;2*1H3/q;;;2*-1/p+2. The van der Waals surface area contributed by atoms with Crippen molar-refractivity contribution in [2.24, 2.45) is 39.2 Å². The van der Waals surface area contributed by atoms with E-state index in [0.717, 1.165) is 18.8 Å². The van der Waals surface area contributed by atoms with Crippen LogP contribution in [0.2, 0.25) is 0 Å². The van der Waals surface area contributed by atoms with E-state index < -0.39 is 0 Å². The Bertz CT molecular complexity index is 713. The van der Waals surface area contributed by atoms with Crippen molar-refractivity contribution in [1.29, 1.82) is 0 Å². The predicted octanol–water partition coefficient (Wildman–Crippen LogP) is 5.84. The molecule has 0 heterocycles. The van der Waals surface area contributed by atoms with E-state index in [4.69, 9.17) is 11.5 Å². The van der Waals surface area contributed by atoms with E-state index in [1.165, 1.54) is 64.2 Å². The summed E-state index contributed by atoms with van der Waals surface area (Å²) < 4.78 is 0. The zero-order chi connectivity index (χ0) is 29.6. The van der Waals surface area contributed by atoms with Gasteiger partial charge >= 0.3 is 0 Å². The average molecular weight is 567 g/mol. The second kappa shape index (κ2) is 15.6. The summed E-state index contributed by atoms with van der Waals surface area (Å²) in [6.07, 6.45) is 14.5. The van der Waals surface area contributed by atoms with Crippen molar-refractivity contribution >= 4 is 13.4 Å². The normalized spacial score (nSPS) is 34.8. The van der Waals surface area contributed by atoms with Gasteiger partial charge in [0.1, 0.15) is 0 Å². The molecule has 0 aliphatic heterocycles. The van der Waals surface area contributed by atoms with Gasteiger partial charge in [0.2, 0.25) is 0 Å². The first kappa shape index (κ1) is 41.3. The molecule has 0 aromatic rings. The smallest absolute Gasteiger partial charge is 0.0917 e. The Balaban J connectivity index is 0. The van der Waals surface area contributed by atoms with Crippen LogP contribution in [0, 0.1) is 32.6 Å². The van der Waals surface area contributed by atoms with Crippen LogP contribution in [0.3, 0.4) is 0 Å². The average Bonchev–Trinajstić information content (AvgIpc) is 2.78. The fourth-order valence-electron chi connectivity index (χ4n) is 6.35. The van der Waals surface area contributed by atoms with E-state index in [0.29, 0.717) is 17.4 Å². The lowest BCUT2D eigenvalue weighted by molar-refractivity contribution is -0.482. The van der Waals surface area contributed by atoms with Gasteiger partial charge in [-0.15, -0.1) is 0 Å². The summed E-state index contributed by atoms with van der Waals surface area (Å²) in [5, 5.41) is 0. The van der Waals surface area contributed by atoms with Crippen molar-refractivity contribution in [3.8, 4) is 0 Å². The van der Waals surface area contributed by atoms with Gasteiger partial charge in [-0.2, -0.15) is 0 Å². The van der Waals surface area contributed by atoms with Crippen LogP contribution in [0.25, 0.3) is 0 Å². The largest absolute Gasteiger partial charge is 0.358 e. The van der Waals surface area contributed by atoms with Crippen molar-refractivity contribution in [2.45, 2.75) is 173 Å². The van der Waals surface area contributed by atoms with Crippen LogP contribution in [-0.4, -0.2) is 46.7 Å². The summed E-state index contributed by atoms with van der Waals surface area (Å²) in [7, 11) is 0. The highest BCUT2D eigenvalue weighted by molar-refractivity contribution is 5.26. The maximum Gasteiger partial charge on any atom is 0.0917 e. The minimum absolute atomic E-state index is 0. The summed E-state index contributed by atoms with van der Waals surface area (Å²) in [4.78, 5) is 8.45. The number of hydrogen-bond donors (Lipinski definition) is 4. The molecule has 0 radical (unpaired) electrons. The highest BCUT2D eigenvalue weighted by Crippen LogP contribution is 2.38. The second-order valence-electron chi connectivity index (χ2n) is 16.1. The maximum absolute atomic E-state index is 6.06. The zero-order valence-corrected chi connectivity index (χ0v) is 29.1. The third-order valence-corrected chi connectivity index (χ3v) is 10.3. The molecular formula is C34H74N6. The maximum atomic E-state index is 6.06. The minimum Gasteiger partial charge on any atom is -0.358 e. The summed E-state index contributed by atoms with van der Waals surface area (Å²) in [6.45, 7) is 27.1. The fraction of sp³-hybridized carbons (Fsp3) is 0.882. The molecule has 10 N–H and O–H groups in total. The Kier molecular flexibility index (Phi) is 16.1. The van der Waals surface area contributed by atoms with Crippen LogP contribution in [0.1, 0.15) is 139 Å². The van der Waals surface area contributed by atoms with Gasteiger partial charge in [-0.1, -0.05) is 0 Å². The topological polar surface area (TPSA) is 132 Å². The molecule has 0 aromatic heterocycles. The first-order valence-electron chi connectivity index (χ1n) is 15.3. The number of quaternary nitrogens is 2. The molecule has 3 aliphatic rings. The minimum atomic E-state index is -0.0174. The number of hydrogen-bond acceptors (Lipinski definition) is 4. The zero-order valence-electron chi connectivity index (χ0n) is 29.1. The van der Waals surface area contributed by atoms with Crippen LogP contribution in [-0.2, 0) is 0 Å². The van der Waals surface area contributed by atoms with Crippen molar-refractivity contribution < 1.29 is 11.5 Å². The number of aliphatic imine (C=N–C) groups is 2. The quantitative estimate of drug-likeness (QED) is 0.246. The van der Waals surface area contributed by atoms with Gasteiger partial charge in [0.25, 0.3) is 0 Å². The molecule has 0 amide bonds. The number of nitrogens with zero attached hydrogens (tertiary/aromatic N) is 2. The first-order chi connectivity index (χ1) is 17.1. The molecule has 0 atom stereocenters. The molecule has 240 valence electrons. The SMILES string of the molecule is C=NC(C)(C)C1CCC(C)([NH3+])CC1.C=NC1(C)CCC(C(C)(C)[NH3+])CC1.CC1(N)CCC(C(C)(C)N)CC1.[CH3-].[CH3-]. The Morgan fingerprint density at radius 3 is 1.40 bits per heavy atom. The molecule has 3 fully saturated rings. The third kappa shape index (κ3) is 13.9. The van der Waals surface area contributed by atoms with E-state index in [1.807, 2.05) is 0 Å². The van der Waals surface area contributed by atoms with Gasteiger partial charge in [-0.3, -0.25) is 9.98 Å². The molecule has 0 unspecified atom stereocenters. The van der Waals surface area contributed by atoms with Crippen LogP contribution >= 0.6 is 0 Å². The molecule has 0 spiro atoms.